The topological polar surface area (TPSA) is 41.1 Å². The van der Waals surface area contributed by atoms with Gasteiger partial charge >= 0.3 is 0 Å². The van der Waals surface area contributed by atoms with E-state index < -0.39 is 0 Å². The summed E-state index contributed by atoms with van der Waals surface area (Å²) in [7, 11) is 0. The highest BCUT2D eigenvalue weighted by Crippen LogP contribution is 2.32. The van der Waals surface area contributed by atoms with Crippen LogP contribution in [0.1, 0.15) is 13.8 Å². The third-order valence-electron chi connectivity index (χ3n) is 2.90. The van der Waals surface area contributed by atoms with Gasteiger partial charge in [0.15, 0.2) is 0 Å². The van der Waals surface area contributed by atoms with E-state index in [2.05, 4.69) is 34.0 Å². The zero-order chi connectivity index (χ0) is 14.5. The van der Waals surface area contributed by atoms with Crippen LogP contribution in [0.2, 0.25) is 10.0 Å². The predicted molar refractivity (Wildman–Crippen MR) is 85.3 cm³/mol. The number of benzene rings is 1. The summed E-state index contributed by atoms with van der Waals surface area (Å²) in [6.45, 7) is 5.84. The summed E-state index contributed by atoms with van der Waals surface area (Å²) < 4.78 is 0. The molecule has 1 N–H and O–H groups in total. The Morgan fingerprint density at radius 1 is 1.10 bits per heavy atom. The lowest BCUT2D eigenvalue weighted by molar-refractivity contribution is 0.822. The molecular formula is C14H16Cl2N4. The van der Waals surface area contributed by atoms with Crippen molar-refractivity contribution in [2.24, 2.45) is 0 Å². The molecule has 0 saturated heterocycles. The Morgan fingerprint density at radius 2 is 1.75 bits per heavy atom. The molecule has 0 aliphatic heterocycles. The summed E-state index contributed by atoms with van der Waals surface area (Å²) in [6, 6.07) is 7.15. The van der Waals surface area contributed by atoms with E-state index in [0.29, 0.717) is 27.5 Å². The van der Waals surface area contributed by atoms with Gasteiger partial charge < -0.3 is 10.2 Å². The van der Waals surface area contributed by atoms with E-state index in [9.17, 15) is 0 Å². The number of halogens is 2. The molecule has 0 bridgehead atoms. The van der Waals surface area contributed by atoms with Gasteiger partial charge in [-0.2, -0.15) is 4.98 Å². The number of para-hydroxylation sites is 1. The van der Waals surface area contributed by atoms with E-state index in [4.69, 9.17) is 23.2 Å². The number of aromatic nitrogens is 2. The van der Waals surface area contributed by atoms with Crippen molar-refractivity contribution < 1.29 is 0 Å². The van der Waals surface area contributed by atoms with Gasteiger partial charge in [-0.25, -0.2) is 4.98 Å². The SMILES string of the molecule is CCN(CC)c1nccc(Nc2c(Cl)cccc2Cl)n1. The van der Waals surface area contributed by atoms with Crippen LogP contribution in [-0.2, 0) is 0 Å². The van der Waals surface area contributed by atoms with Gasteiger partial charge in [0.1, 0.15) is 5.82 Å². The maximum atomic E-state index is 6.14. The van der Waals surface area contributed by atoms with Crippen molar-refractivity contribution in [3.05, 3.63) is 40.5 Å². The fraction of sp³-hybridized carbons (Fsp3) is 0.286. The molecule has 0 unspecified atom stereocenters. The summed E-state index contributed by atoms with van der Waals surface area (Å²) in [5.41, 5.74) is 0.653. The van der Waals surface area contributed by atoms with E-state index in [0.717, 1.165) is 13.1 Å². The lowest BCUT2D eigenvalue weighted by Crippen LogP contribution is -2.24. The van der Waals surface area contributed by atoms with Crippen LogP contribution in [0.25, 0.3) is 0 Å². The minimum atomic E-state index is 0.556. The molecule has 1 heterocycles. The van der Waals surface area contributed by atoms with Crippen LogP contribution in [0.5, 0.6) is 0 Å². The molecule has 106 valence electrons. The van der Waals surface area contributed by atoms with Crippen molar-refractivity contribution in [2.75, 3.05) is 23.3 Å². The highest BCUT2D eigenvalue weighted by atomic mass is 35.5. The standard InChI is InChI=1S/C14H16Cl2N4/c1-3-20(4-2)14-17-9-8-12(19-14)18-13-10(15)6-5-7-11(13)16/h5-9H,3-4H2,1-2H3,(H,17,18,19). The third-order valence-corrected chi connectivity index (χ3v) is 3.53. The van der Waals surface area contributed by atoms with Crippen molar-refractivity contribution in [3.63, 3.8) is 0 Å². The van der Waals surface area contributed by atoms with Crippen molar-refractivity contribution in [1.29, 1.82) is 0 Å². The zero-order valence-electron chi connectivity index (χ0n) is 11.4. The zero-order valence-corrected chi connectivity index (χ0v) is 12.9. The van der Waals surface area contributed by atoms with Crippen LogP contribution < -0.4 is 10.2 Å². The van der Waals surface area contributed by atoms with E-state index in [1.54, 1.807) is 30.5 Å². The normalized spacial score (nSPS) is 10.4. The summed E-state index contributed by atoms with van der Waals surface area (Å²) in [4.78, 5) is 10.8. The van der Waals surface area contributed by atoms with E-state index in [1.807, 2.05) is 0 Å². The minimum Gasteiger partial charge on any atom is -0.341 e. The molecule has 0 saturated carbocycles. The Bertz CT molecular complexity index is 565. The van der Waals surface area contributed by atoms with E-state index >= 15 is 0 Å². The fourth-order valence-corrected chi connectivity index (χ4v) is 2.31. The smallest absolute Gasteiger partial charge is 0.227 e. The van der Waals surface area contributed by atoms with E-state index in [1.165, 1.54) is 0 Å². The van der Waals surface area contributed by atoms with Crippen LogP contribution in [0, 0.1) is 0 Å². The Balaban J connectivity index is 2.28. The molecule has 0 spiro atoms. The van der Waals surface area contributed by atoms with Gasteiger partial charge in [-0.15, -0.1) is 0 Å². The van der Waals surface area contributed by atoms with Crippen LogP contribution in [-0.4, -0.2) is 23.1 Å². The lowest BCUT2D eigenvalue weighted by atomic mass is 10.3. The maximum absolute atomic E-state index is 6.14. The van der Waals surface area contributed by atoms with Gasteiger partial charge in [0.25, 0.3) is 0 Å². The molecule has 0 fully saturated rings. The van der Waals surface area contributed by atoms with Crippen molar-refractivity contribution in [1.82, 2.24) is 9.97 Å². The van der Waals surface area contributed by atoms with Crippen molar-refractivity contribution >= 4 is 40.7 Å². The van der Waals surface area contributed by atoms with Crippen molar-refractivity contribution in [3.8, 4) is 0 Å². The molecular weight excluding hydrogens is 295 g/mol. The van der Waals surface area contributed by atoms with Gasteiger partial charge in [-0.1, -0.05) is 29.3 Å². The first-order valence-electron chi connectivity index (χ1n) is 6.44. The maximum Gasteiger partial charge on any atom is 0.227 e. The quantitative estimate of drug-likeness (QED) is 0.890. The number of rotatable bonds is 5. The molecule has 0 amide bonds. The first-order valence-corrected chi connectivity index (χ1v) is 7.20. The highest BCUT2D eigenvalue weighted by molar-refractivity contribution is 6.39. The summed E-state index contributed by atoms with van der Waals surface area (Å²) in [6.07, 6.45) is 1.72. The monoisotopic (exact) mass is 310 g/mol. The van der Waals surface area contributed by atoms with Gasteiger partial charge in [0, 0.05) is 19.3 Å². The summed E-state index contributed by atoms with van der Waals surface area (Å²) in [5, 5.41) is 4.25. The van der Waals surface area contributed by atoms with E-state index in [-0.39, 0.29) is 0 Å². The van der Waals surface area contributed by atoms with Gasteiger partial charge in [-0.3, -0.25) is 0 Å². The second-order valence-electron chi connectivity index (χ2n) is 4.14. The molecule has 6 heteroatoms. The van der Waals surface area contributed by atoms with Gasteiger partial charge in [0.05, 0.1) is 15.7 Å². The average Bonchev–Trinajstić information content (AvgIpc) is 2.45. The van der Waals surface area contributed by atoms with Crippen LogP contribution in [0.4, 0.5) is 17.5 Å². The molecule has 1 aromatic heterocycles. The Labute approximate surface area is 128 Å². The molecule has 2 aromatic rings. The van der Waals surface area contributed by atoms with Crippen LogP contribution >= 0.6 is 23.2 Å². The minimum absolute atomic E-state index is 0.556. The molecule has 20 heavy (non-hydrogen) atoms. The summed E-state index contributed by atoms with van der Waals surface area (Å²) in [5.74, 6) is 1.35. The van der Waals surface area contributed by atoms with Gasteiger partial charge in [-0.05, 0) is 32.0 Å². The van der Waals surface area contributed by atoms with Crippen LogP contribution in [0.3, 0.4) is 0 Å². The molecule has 4 nitrogen and oxygen atoms in total. The number of nitrogens with one attached hydrogen (secondary N) is 1. The Kier molecular flexibility index (Phi) is 5.04. The predicted octanol–water partition coefficient (Wildman–Crippen LogP) is 4.37. The number of nitrogens with zero attached hydrogens (tertiary/aromatic N) is 3. The lowest BCUT2D eigenvalue weighted by Gasteiger charge is -2.19. The third kappa shape index (κ3) is 3.32. The Hall–Kier alpha value is -1.52. The van der Waals surface area contributed by atoms with Crippen molar-refractivity contribution in [2.45, 2.75) is 13.8 Å². The average molecular weight is 311 g/mol. The van der Waals surface area contributed by atoms with Gasteiger partial charge in [0.2, 0.25) is 5.95 Å². The Morgan fingerprint density at radius 3 is 2.35 bits per heavy atom. The second-order valence-corrected chi connectivity index (χ2v) is 4.95. The molecule has 2 rings (SSSR count). The highest BCUT2D eigenvalue weighted by Gasteiger charge is 2.09. The molecule has 0 atom stereocenters. The van der Waals surface area contributed by atoms with Crippen LogP contribution in [0.15, 0.2) is 30.5 Å². The fourth-order valence-electron chi connectivity index (χ4n) is 1.82. The molecule has 0 aliphatic rings. The molecule has 0 radical (unpaired) electrons. The number of hydrogen-bond acceptors (Lipinski definition) is 4. The largest absolute Gasteiger partial charge is 0.341 e. The summed E-state index contributed by atoms with van der Waals surface area (Å²) >= 11 is 12.3. The first kappa shape index (κ1) is 14.9. The molecule has 1 aromatic carbocycles. The number of anilines is 3. The molecule has 0 aliphatic carbocycles. The number of hydrogen-bond donors (Lipinski definition) is 1. The second kappa shape index (κ2) is 6.77. The first-order chi connectivity index (χ1) is 9.65.